The van der Waals surface area contributed by atoms with Gasteiger partial charge in [0.15, 0.2) is 11.6 Å². The molecule has 0 aliphatic heterocycles. The SMILES string of the molecule is COc1cc(N)cc(COc2c(F)cc(F)cc2Br)c1. The van der Waals surface area contributed by atoms with Gasteiger partial charge in [0, 0.05) is 17.8 Å². The minimum Gasteiger partial charge on any atom is -0.497 e. The van der Waals surface area contributed by atoms with Crippen molar-refractivity contribution in [3.05, 3.63) is 52.0 Å². The van der Waals surface area contributed by atoms with Crippen molar-refractivity contribution in [2.75, 3.05) is 12.8 Å². The van der Waals surface area contributed by atoms with Crippen LogP contribution in [0.2, 0.25) is 0 Å². The Hall–Kier alpha value is -1.82. The van der Waals surface area contributed by atoms with Gasteiger partial charge in [-0.15, -0.1) is 0 Å². The van der Waals surface area contributed by atoms with E-state index in [-0.39, 0.29) is 16.8 Å². The van der Waals surface area contributed by atoms with Crippen LogP contribution in [0, 0.1) is 11.6 Å². The molecule has 0 radical (unpaired) electrons. The van der Waals surface area contributed by atoms with E-state index in [4.69, 9.17) is 15.2 Å². The molecule has 0 aliphatic rings. The van der Waals surface area contributed by atoms with Gasteiger partial charge >= 0.3 is 0 Å². The zero-order chi connectivity index (χ0) is 14.7. The van der Waals surface area contributed by atoms with Crippen molar-refractivity contribution in [1.29, 1.82) is 0 Å². The number of anilines is 1. The smallest absolute Gasteiger partial charge is 0.169 e. The predicted octanol–water partition coefficient (Wildman–Crippen LogP) is 3.90. The molecule has 20 heavy (non-hydrogen) atoms. The van der Waals surface area contributed by atoms with Crippen LogP contribution in [0.15, 0.2) is 34.8 Å². The fraction of sp³-hybridized carbons (Fsp3) is 0.143. The van der Waals surface area contributed by atoms with E-state index in [0.717, 1.165) is 17.7 Å². The summed E-state index contributed by atoms with van der Waals surface area (Å²) in [5.41, 5.74) is 6.95. The van der Waals surface area contributed by atoms with Gasteiger partial charge in [-0.25, -0.2) is 8.78 Å². The van der Waals surface area contributed by atoms with E-state index in [2.05, 4.69) is 15.9 Å². The average Bonchev–Trinajstić information content (AvgIpc) is 2.36. The first kappa shape index (κ1) is 14.6. The highest BCUT2D eigenvalue weighted by Crippen LogP contribution is 2.30. The lowest BCUT2D eigenvalue weighted by atomic mass is 10.2. The first-order valence-corrected chi connectivity index (χ1v) is 6.49. The predicted molar refractivity (Wildman–Crippen MR) is 75.8 cm³/mol. The molecule has 0 aromatic heterocycles. The molecule has 0 amide bonds. The van der Waals surface area contributed by atoms with Crippen LogP contribution >= 0.6 is 15.9 Å². The van der Waals surface area contributed by atoms with E-state index in [9.17, 15) is 8.78 Å². The van der Waals surface area contributed by atoms with Crippen LogP contribution in [0.5, 0.6) is 11.5 Å². The maximum absolute atomic E-state index is 13.6. The Kier molecular flexibility index (Phi) is 4.44. The molecule has 0 unspecified atom stereocenters. The van der Waals surface area contributed by atoms with Crippen LogP contribution in [0.3, 0.4) is 0 Å². The number of nitrogen functional groups attached to an aromatic ring is 1. The van der Waals surface area contributed by atoms with Crippen LogP contribution in [-0.4, -0.2) is 7.11 Å². The second-order valence-electron chi connectivity index (χ2n) is 4.10. The Labute approximate surface area is 123 Å². The monoisotopic (exact) mass is 343 g/mol. The summed E-state index contributed by atoms with van der Waals surface area (Å²) in [5.74, 6) is -0.907. The molecule has 106 valence electrons. The highest BCUT2D eigenvalue weighted by molar-refractivity contribution is 9.10. The van der Waals surface area contributed by atoms with E-state index >= 15 is 0 Å². The number of halogens is 3. The number of methoxy groups -OCH3 is 1. The number of hydrogen-bond acceptors (Lipinski definition) is 3. The summed E-state index contributed by atoms with van der Waals surface area (Å²) in [7, 11) is 1.52. The topological polar surface area (TPSA) is 44.5 Å². The lowest BCUT2D eigenvalue weighted by molar-refractivity contribution is 0.286. The summed E-state index contributed by atoms with van der Waals surface area (Å²) in [6, 6.07) is 6.99. The summed E-state index contributed by atoms with van der Waals surface area (Å²) >= 11 is 3.06. The molecule has 2 N–H and O–H groups in total. The van der Waals surface area contributed by atoms with E-state index < -0.39 is 11.6 Å². The minimum atomic E-state index is -0.771. The molecule has 0 atom stereocenters. The van der Waals surface area contributed by atoms with Crippen molar-refractivity contribution in [3.63, 3.8) is 0 Å². The fourth-order valence-corrected chi connectivity index (χ4v) is 2.23. The quantitative estimate of drug-likeness (QED) is 0.856. The number of rotatable bonds is 4. The second kappa shape index (κ2) is 6.09. The summed E-state index contributed by atoms with van der Waals surface area (Å²) in [6.07, 6.45) is 0. The molecule has 2 rings (SSSR count). The normalized spacial score (nSPS) is 10.4. The third-order valence-corrected chi connectivity index (χ3v) is 3.16. The van der Waals surface area contributed by atoms with Gasteiger partial charge in [0.05, 0.1) is 11.6 Å². The zero-order valence-corrected chi connectivity index (χ0v) is 12.2. The van der Waals surface area contributed by atoms with Gasteiger partial charge in [-0.05, 0) is 39.7 Å². The Morgan fingerprint density at radius 1 is 1.15 bits per heavy atom. The van der Waals surface area contributed by atoms with Crippen molar-refractivity contribution >= 4 is 21.6 Å². The average molecular weight is 344 g/mol. The van der Waals surface area contributed by atoms with Crippen LogP contribution < -0.4 is 15.2 Å². The highest BCUT2D eigenvalue weighted by atomic mass is 79.9. The Morgan fingerprint density at radius 2 is 1.90 bits per heavy atom. The van der Waals surface area contributed by atoms with Crippen LogP contribution in [0.1, 0.15) is 5.56 Å². The number of benzene rings is 2. The van der Waals surface area contributed by atoms with Crippen LogP contribution in [0.25, 0.3) is 0 Å². The van der Waals surface area contributed by atoms with Crippen LogP contribution in [-0.2, 0) is 6.61 Å². The van der Waals surface area contributed by atoms with Crippen molar-refractivity contribution in [1.82, 2.24) is 0 Å². The molecule has 0 saturated carbocycles. The molecule has 2 aromatic rings. The third kappa shape index (κ3) is 3.39. The van der Waals surface area contributed by atoms with E-state index in [1.807, 2.05) is 0 Å². The molecule has 0 bridgehead atoms. The molecular formula is C14H12BrF2NO2. The number of hydrogen-bond donors (Lipinski definition) is 1. The highest BCUT2D eigenvalue weighted by Gasteiger charge is 2.11. The standard InChI is InChI=1S/C14H12BrF2NO2/c1-19-11-3-8(2-10(18)6-11)7-20-14-12(15)4-9(16)5-13(14)17/h2-6H,7,18H2,1H3. The molecule has 2 aromatic carbocycles. The van der Waals surface area contributed by atoms with Crippen molar-refractivity contribution in [3.8, 4) is 11.5 Å². The third-order valence-electron chi connectivity index (χ3n) is 2.57. The largest absolute Gasteiger partial charge is 0.497 e. The molecular weight excluding hydrogens is 332 g/mol. The fourth-order valence-electron chi connectivity index (χ4n) is 1.71. The molecule has 0 heterocycles. The summed E-state index contributed by atoms with van der Waals surface area (Å²) < 4.78 is 37.2. The number of nitrogens with two attached hydrogens (primary N) is 1. The first-order valence-electron chi connectivity index (χ1n) is 5.70. The van der Waals surface area contributed by atoms with E-state index in [1.165, 1.54) is 7.11 Å². The van der Waals surface area contributed by atoms with E-state index in [1.54, 1.807) is 18.2 Å². The first-order chi connectivity index (χ1) is 9.49. The van der Waals surface area contributed by atoms with Crippen molar-refractivity contribution in [2.45, 2.75) is 6.61 Å². The van der Waals surface area contributed by atoms with Gasteiger partial charge < -0.3 is 15.2 Å². The lowest BCUT2D eigenvalue weighted by Crippen LogP contribution is -2.00. The molecule has 0 saturated heterocycles. The summed E-state index contributed by atoms with van der Waals surface area (Å²) in [5, 5.41) is 0. The Morgan fingerprint density at radius 3 is 2.55 bits per heavy atom. The van der Waals surface area contributed by atoms with Crippen LogP contribution in [0.4, 0.5) is 14.5 Å². The van der Waals surface area contributed by atoms with Gasteiger partial charge in [-0.2, -0.15) is 0 Å². The molecule has 0 spiro atoms. The lowest BCUT2D eigenvalue weighted by Gasteiger charge is -2.11. The summed E-state index contributed by atoms with van der Waals surface area (Å²) in [6.45, 7) is 0.0859. The number of ether oxygens (including phenoxy) is 2. The van der Waals surface area contributed by atoms with Gasteiger partial charge in [0.1, 0.15) is 18.2 Å². The van der Waals surface area contributed by atoms with Gasteiger partial charge in [0.25, 0.3) is 0 Å². The molecule has 0 fully saturated rings. The maximum Gasteiger partial charge on any atom is 0.169 e. The molecule has 3 nitrogen and oxygen atoms in total. The van der Waals surface area contributed by atoms with Crippen molar-refractivity contribution < 1.29 is 18.3 Å². The molecule has 0 aliphatic carbocycles. The van der Waals surface area contributed by atoms with Gasteiger partial charge in [-0.3, -0.25) is 0 Å². The van der Waals surface area contributed by atoms with Gasteiger partial charge in [0.2, 0.25) is 0 Å². The van der Waals surface area contributed by atoms with Gasteiger partial charge in [-0.1, -0.05) is 0 Å². The second-order valence-corrected chi connectivity index (χ2v) is 4.96. The maximum atomic E-state index is 13.6. The minimum absolute atomic E-state index is 0.0483. The molecule has 6 heteroatoms. The Bertz CT molecular complexity index is 612. The zero-order valence-electron chi connectivity index (χ0n) is 10.6. The van der Waals surface area contributed by atoms with E-state index in [0.29, 0.717) is 11.4 Å². The Balaban J connectivity index is 2.19. The van der Waals surface area contributed by atoms with Crippen molar-refractivity contribution in [2.24, 2.45) is 0 Å². The summed E-state index contributed by atoms with van der Waals surface area (Å²) in [4.78, 5) is 0.